The van der Waals surface area contributed by atoms with E-state index in [1.807, 2.05) is 19.2 Å². The van der Waals surface area contributed by atoms with Gasteiger partial charge >= 0.3 is 12.1 Å². The van der Waals surface area contributed by atoms with Gasteiger partial charge in [0, 0.05) is 0 Å². The Labute approximate surface area is 162 Å². The molecule has 2 rings (SSSR count). The highest BCUT2D eigenvalue weighted by Crippen LogP contribution is 2.27. The van der Waals surface area contributed by atoms with E-state index in [0.717, 1.165) is 12.0 Å². The van der Waals surface area contributed by atoms with Crippen LogP contribution in [0.2, 0.25) is 0 Å². The highest BCUT2D eigenvalue weighted by atomic mass is 16.6. The average molecular weight is 390 g/mol. The molecule has 9 nitrogen and oxygen atoms in total. The molecule has 0 unspecified atom stereocenters. The second-order valence-corrected chi connectivity index (χ2v) is 6.73. The SMILES string of the molecule is COC(=O)NC(=O)[C@@H](C)OC(=O)[C@@H](CC(C)C)N1C(=O)c2ccccc2C1=O. The molecule has 1 N–H and O–H groups in total. The molecule has 150 valence electrons. The van der Waals surface area contributed by atoms with Gasteiger partial charge in [-0.2, -0.15) is 0 Å². The Kier molecular flexibility index (Phi) is 6.50. The maximum atomic E-state index is 12.7. The van der Waals surface area contributed by atoms with Crippen molar-refractivity contribution in [3.8, 4) is 0 Å². The van der Waals surface area contributed by atoms with Gasteiger partial charge in [0.1, 0.15) is 6.04 Å². The monoisotopic (exact) mass is 390 g/mol. The number of methoxy groups -OCH3 is 1. The summed E-state index contributed by atoms with van der Waals surface area (Å²) in [6, 6.07) is 5.09. The number of rotatable bonds is 6. The van der Waals surface area contributed by atoms with E-state index in [1.54, 1.807) is 12.1 Å². The zero-order valence-corrected chi connectivity index (χ0v) is 16.1. The number of carbonyl (C=O) groups is 5. The molecule has 0 saturated carbocycles. The first-order valence-electron chi connectivity index (χ1n) is 8.73. The van der Waals surface area contributed by atoms with Crippen molar-refractivity contribution in [2.75, 3.05) is 7.11 Å². The Morgan fingerprint density at radius 2 is 1.57 bits per heavy atom. The van der Waals surface area contributed by atoms with Crippen LogP contribution in [0.15, 0.2) is 24.3 Å². The van der Waals surface area contributed by atoms with Crippen molar-refractivity contribution < 1.29 is 33.4 Å². The summed E-state index contributed by atoms with van der Waals surface area (Å²) >= 11 is 0. The molecule has 1 heterocycles. The van der Waals surface area contributed by atoms with Gasteiger partial charge in [0.05, 0.1) is 18.2 Å². The van der Waals surface area contributed by atoms with Crippen LogP contribution in [0, 0.1) is 5.92 Å². The topological polar surface area (TPSA) is 119 Å². The zero-order valence-electron chi connectivity index (χ0n) is 16.1. The third-order valence-electron chi connectivity index (χ3n) is 4.18. The number of imide groups is 2. The summed E-state index contributed by atoms with van der Waals surface area (Å²) in [6.07, 6.45) is -2.15. The first-order valence-corrected chi connectivity index (χ1v) is 8.73. The molecule has 28 heavy (non-hydrogen) atoms. The largest absolute Gasteiger partial charge is 0.453 e. The molecular weight excluding hydrogens is 368 g/mol. The number of hydrogen-bond donors (Lipinski definition) is 1. The van der Waals surface area contributed by atoms with Gasteiger partial charge in [-0.3, -0.25) is 24.6 Å². The van der Waals surface area contributed by atoms with Crippen LogP contribution in [0.1, 0.15) is 47.9 Å². The second kappa shape index (κ2) is 8.64. The molecule has 1 aliphatic heterocycles. The lowest BCUT2D eigenvalue weighted by molar-refractivity contribution is -0.158. The number of fused-ring (bicyclic) bond motifs is 1. The van der Waals surface area contributed by atoms with E-state index in [4.69, 9.17) is 4.74 Å². The molecular formula is C19H22N2O7. The smallest absolute Gasteiger partial charge is 0.413 e. The van der Waals surface area contributed by atoms with Gasteiger partial charge in [0.2, 0.25) is 0 Å². The number of benzene rings is 1. The maximum Gasteiger partial charge on any atom is 0.413 e. The van der Waals surface area contributed by atoms with Crippen molar-refractivity contribution in [2.45, 2.75) is 39.3 Å². The van der Waals surface area contributed by atoms with Crippen LogP contribution in [0.3, 0.4) is 0 Å². The third kappa shape index (κ3) is 4.36. The molecule has 0 spiro atoms. The number of amides is 4. The quantitative estimate of drug-likeness (QED) is 0.577. The van der Waals surface area contributed by atoms with Crippen LogP contribution in [-0.2, 0) is 19.1 Å². The third-order valence-corrected chi connectivity index (χ3v) is 4.18. The van der Waals surface area contributed by atoms with Gasteiger partial charge in [-0.05, 0) is 31.4 Å². The van der Waals surface area contributed by atoms with E-state index in [2.05, 4.69) is 4.74 Å². The van der Waals surface area contributed by atoms with Crippen molar-refractivity contribution >= 4 is 29.8 Å². The standard InChI is InChI=1S/C19H22N2O7/c1-10(2)9-14(18(25)28-11(3)15(22)20-19(26)27-4)21-16(23)12-7-5-6-8-13(12)17(21)24/h5-8,10-11,14H,9H2,1-4H3,(H,20,22,26)/t11-,14-/m1/s1. The van der Waals surface area contributed by atoms with Crippen molar-refractivity contribution in [2.24, 2.45) is 5.92 Å². The summed E-state index contributed by atoms with van der Waals surface area (Å²) in [4.78, 5) is 62.0. The molecule has 0 aliphatic carbocycles. The van der Waals surface area contributed by atoms with E-state index >= 15 is 0 Å². The predicted octanol–water partition coefficient (Wildman–Crippen LogP) is 1.51. The van der Waals surface area contributed by atoms with E-state index in [1.165, 1.54) is 19.1 Å². The normalized spacial score (nSPS) is 15.1. The van der Waals surface area contributed by atoms with Crippen LogP contribution in [-0.4, -0.2) is 53.9 Å². The minimum Gasteiger partial charge on any atom is -0.453 e. The van der Waals surface area contributed by atoms with Crippen LogP contribution >= 0.6 is 0 Å². The molecule has 0 aromatic heterocycles. The van der Waals surface area contributed by atoms with Gasteiger partial charge in [0.25, 0.3) is 17.7 Å². The molecule has 9 heteroatoms. The predicted molar refractivity (Wildman–Crippen MR) is 96.3 cm³/mol. The lowest BCUT2D eigenvalue weighted by atomic mass is 10.0. The number of carbonyl (C=O) groups excluding carboxylic acids is 5. The minimum absolute atomic E-state index is 0.0407. The second-order valence-electron chi connectivity index (χ2n) is 6.73. The number of esters is 1. The highest BCUT2D eigenvalue weighted by molar-refractivity contribution is 6.22. The van der Waals surface area contributed by atoms with Crippen molar-refractivity contribution in [1.82, 2.24) is 10.2 Å². The molecule has 4 amide bonds. The zero-order chi connectivity index (χ0) is 21.0. The Morgan fingerprint density at radius 1 is 1.04 bits per heavy atom. The van der Waals surface area contributed by atoms with Gasteiger partial charge in [-0.15, -0.1) is 0 Å². The van der Waals surface area contributed by atoms with E-state index < -0.39 is 41.9 Å². The Hall–Kier alpha value is -3.23. The summed E-state index contributed by atoms with van der Waals surface area (Å²) < 4.78 is 9.44. The van der Waals surface area contributed by atoms with Crippen LogP contribution in [0.4, 0.5) is 4.79 Å². The molecule has 2 atom stereocenters. The summed E-state index contributed by atoms with van der Waals surface area (Å²) in [7, 11) is 1.08. The van der Waals surface area contributed by atoms with Gasteiger partial charge < -0.3 is 9.47 Å². The van der Waals surface area contributed by atoms with Gasteiger partial charge in [0.15, 0.2) is 6.10 Å². The lowest BCUT2D eigenvalue weighted by Gasteiger charge is -2.27. The highest BCUT2D eigenvalue weighted by Gasteiger charge is 2.44. The van der Waals surface area contributed by atoms with Crippen molar-refractivity contribution in [3.05, 3.63) is 35.4 Å². The Balaban J connectivity index is 2.21. The minimum atomic E-state index is -1.32. The van der Waals surface area contributed by atoms with Gasteiger partial charge in [-0.25, -0.2) is 9.59 Å². The summed E-state index contributed by atoms with van der Waals surface area (Å²) in [5.74, 6) is -3.01. The average Bonchev–Trinajstić information content (AvgIpc) is 2.90. The molecule has 1 aromatic carbocycles. The fourth-order valence-electron chi connectivity index (χ4n) is 2.80. The number of nitrogens with one attached hydrogen (secondary N) is 1. The fourth-order valence-corrected chi connectivity index (χ4v) is 2.80. The molecule has 0 radical (unpaired) electrons. The lowest BCUT2D eigenvalue weighted by Crippen LogP contribution is -2.48. The Morgan fingerprint density at radius 3 is 2.04 bits per heavy atom. The number of hydrogen-bond acceptors (Lipinski definition) is 7. The van der Waals surface area contributed by atoms with E-state index in [9.17, 15) is 24.0 Å². The van der Waals surface area contributed by atoms with Crippen LogP contribution in [0.25, 0.3) is 0 Å². The molecule has 1 aromatic rings. The van der Waals surface area contributed by atoms with Crippen molar-refractivity contribution in [1.29, 1.82) is 0 Å². The molecule has 0 fully saturated rings. The number of nitrogens with zero attached hydrogens (tertiary/aromatic N) is 1. The number of alkyl carbamates (subject to hydrolysis) is 1. The molecule has 1 aliphatic rings. The van der Waals surface area contributed by atoms with Gasteiger partial charge in [-0.1, -0.05) is 26.0 Å². The maximum absolute atomic E-state index is 12.7. The van der Waals surface area contributed by atoms with E-state index in [0.29, 0.717) is 0 Å². The van der Waals surface area contributed by atoms with Crippen molar-refractivity contribution in [3.63, 3.8) is 0 Å². The van der Waals surface area contributed by atoms with E-state index in [-0.39, 0.29) is 23.5 Å². The first-order chi connectivity index (χ1) is 13.2. The van der Waals surface area contributed by atoms with Crippen LogP contribution in [0.5, 0.6) is 0 Å². The first kappa shape index (κ1) is 21.1. The van der Waals surface area contributed by atoms with Crippen LogP contribution < -0.4 is 5.32 Å². The Bertz CT molecular complexity index is 783. The molecule has 0 bridgehead atoms. The fraction of sp³-hybridized carbons (Fsp3) is 0.421. The summed E-state index contributed by atoms with van der Waals surface area (Å²) in [6.45, 7) is 4.92. The molecule has 0 saturated heterocycles. The summed E-state index contributed by atoms with van der Waals surface area (Å²) in [5.41, 5.74) is 0.427. The summed E-state index contributed by atoms with van der Waals surface area (Å²) in [5, 5.41) is 1.89. The number of ether oxygens (including phenoxy) is 2.